The maximum atomic E-state index is 11.2. The number of hydrogen-bond acceptors (Lipinski definition) is 5. The monoisotopic (exact) mass is 331 g/mol. The molecule has 0 aromatic heterocycles. The lowest BCUT2D eigenvalue weighted by Gasteiger charge is -2.09. The van der Waals surface area contributed by atoms with Crippen molar-refractivity contribution in [2.24, 2.45) is 0 Å². The van der Waals surface area contributed by atoms with Crippen molar-refractivity contribution < 1.29 is 28.7 Å². The number of aliphatic carboxylic acids is 2. The number of rotatable bonds is 6. The minimum Gasteiger partial charge on any atom is -0.492 e. The Bertz CT molecular complexity index is 489. The van der Waals surface area contributed by atoms with Gasteiger partial charge in [0.05, 0.1) is 0 Å². The Labute approximate surface area is 131 Å². The van der Waals surface area contributed by atoms with Gasteiger partial charge in [-0.3, -0.25) is 4.21 Å². The Hall–Kier alpha value is -1.93. The summed E-state index contributed by atoms with van der Waals surface area (Å²) in [5.74, 6) is -2.83. The molecule has 0 fully saturated rings. The molecule has 0 aliphatic heterocycles. The standard InChI is InChI=1S/C12H19NO2S.C2H2O4/c1-10(2)13-8-9-15-11-4-6-12(7-5-11)16(3)14;3-1(4)2(5)6/h4-7,10,13H,8-9H2,1-3H3;(H,3,4)(H,5,6). The third-order valence-electron chi connectivity index (χ3n) is 2.26. The van der Waals surface area contributed by atoms with Crippen molar-refractivity contribution in [2.45, 2.75) is 24.8 Å². The second-order valence-electron chi connectivity index (χ2n) is 4.49. The normalized spacial score (nSPS) is 11.3. The van der Waals surface area contributed by atoms with Crippen molar-refractivity contribution in [1.82, 2.24) is 5.32 Å². The van der Waals surface area contributed by atoms with Crippen LogP contribution in [0.25, 0.3) is 0 Å². The number of nitrogens with one attached hydrogen (secondary N) is 1. The fourth-order valence-corrected chi connectivity index (χ4v) is 1.76. The maximum Gasteiger partial charge on any atom is 0.414 e. The molecule has 0 bridgehead atoms. The van der Waals surface area contributed by atoms with Crippen molar-refractivity contribution >= 4 is 22.7 Å². The van der Waals surface area contributed by atoms with Crippen LogP contribution < -0.4 is 10.1 Å². The van der Waals surface area contributed by atoms with E-state index >= 15 is 0 Å². The molecule has 1 unspecified atom stereocenters. The van der Waals surface area contributed by atoms with E-state index in [0.29, 0.717) is 12.6 Å². The van der Waals surface area contributed by atoms with Crippen molar-refractivity contribution in [2.75, 3.05) is 19.4 Å². The number of carboxylic acid groups (broad SMARTS) is 2. The van der Waals surface area contributed by atoms with E-state index in [4.69, 9.17) is 24.5 Å². The summed E-state index contributed by atoms with van der Waals surface area (Å²) in [5.41, 5.74) is 0. The molecule has 0 amide bonds. The van der Waals surface area contributed by atoms with Gasteiger partial charge < -0.3 is 20.3 Å². The van der Waals surface area contributed by atoms with Gasteiger partial charge in [-0.1, -0.05) is 13.8 Å². The van der Waals surface area contributed by atoms with Crippen LogP contribution in [-0.2, 0) is 20.4 Å². The smallest absolute Gasteiger partial charge is 0.414 e. The summed E-state index contributed by atoms with van der Waals surface area (Å²) in [7, 11) is -0.919. The highest BCUT2D eigenvalue weighted by atomic mass is 32.2. The molecule has 0 aliphatic rings. The number of carboxylic acids is 2. The molecule has 0 saturated heterocycles. The first kappa shape index (κ1) is 20.1. The first-order valence-corrected chi connectivity index (χ1v) is 8.05. The van der Waals surface area contributed by atoms with Gasteiger partial charge in [0.15, 0.2) is 0 Å². The molecule has 0 saturated carbocycles. The van der Waals surface area contributed by atoms with Crippen LogP contribution >= 0.6 is 0 Å². The Balaban J connectivity index is 0.000000626. The highest BCUT2D eigenvalue weighted by Gasteiger charge is 2.04. The molecule has 1 atom stereocenters. The Morgan fingerprint density at radius 3 is 2.05 bits per heavy atom. The van der Waals surface area contributed by atoms with Gasteiger partial charge in [0.1, 0.15) is 12.4 Å². The topological polar surface area (TPSA) is 113 Å². The molecular formula is C14H21NO6S. The highest BCUT2D eigenvalue weighted by Crippen LogP contribution is 2.13. The quantitative estimate of drug-likeness (QED) is 0.525. The fourth-order valence-electron chi connectivity index (χ4n) is 1.24. The lowest BCUT2D eigenvalue weighted by Crippen LogP contribution is -2.27. The van der Waals surface area contributed by atoms with Crippen LogP contribution in [0.4, 0.5) is 0 Å². The average Bonchev–Trinajstić information content (AvgIpc) is 2.44. The number of carbonyl (C=O) groups is 2. The van der Waals surface area contributed by atoms with Crippen LogP contribution in [0.2, 0.25) is 0 Å². The second kappa shape index (κ2) is 10.7. The van der Waals surface area contributed by atoms with Gasteiger partial charge in [-0.05, 0) is 24.3 Å². The Kier molecular flexibility index (Phi) is 9.80. The minimum atomic E-state index is -1.82. The van der Waals surface area contributed by atoms with E-state index in [2.05, 4.69) is 19.2 Å². The third-order valence-corrected chi connectivity index (χ3v) is 3.20. The summed E-state index contributed by atoms with van der Waals surface area (Å²) in [6.07, 6.45) is 1.67. The lowest BCUT2D eigenvalue weighted by molar-refractivity contribution is -0.159. The van der Waals surface area contributed by atoms with Crippen molar-refractivity contribution in [3.8, 4) is 5.75 Å². The van der Waals surface area contributed by atoms with E-state index in [1.807, 2.05) is 24.3 Å². The lowest BCUT2D eigenvalue weighted by atomic mass is 10.3. The summed E-state index contributed by atoms with van der Waals surface area (Å²) in [4.78, 5) is 19.0. The molecule has 0 aliphatic carbocycles. The Morgan fingerprint density at radius 2 is 1.68 bits per heavy atom. The molecule has 0 spiro atoms. The van der Waals surface area contributed by atoms with Crippen molar-refractivity contribution in [3.05, 3.63) is 24.3 Å². The average molecular weight is 331 g/mol. The summed E-state index contributed by atoms with van der Waals surface area (Å²) in [6.45, 7) is 5.68. The molecule has 124 valence electrons. The van der Waals surface area contributed by atoms with Crippen LogP contribution in [0.5, 0.6) is 5.75 Å². The van der Waals surface area contributed by atoms with Crippen LogP contribution in [0.15, 0.2) is 29.2 Å². The van der Waals surface area contributed by atoms with E-state index in [-0.39, 0.29) is 0 Å². The molecule has 0 heterocycles. The highest BCUT2D eigenvalue weighted by molar-refractivity contribution is 7.84. The molecule has 22 heavy (non-hydrogen) atoms. The maximum absolute atomic E-state index is 11.2. The summed E-state index contributed by atoms with van der Waals surface area (Å²) in [6, 6.07) is 7.86. The van der Waals surface area contributed by atoms with Gasteiger partial charge in [0.2, 0.25) is 0 Å². The van der Waals surface area contributed by atoms with Crippen LogP contribution in [0.1, 0.15) is 13.8 Å². The van der Waals surface area contributed by atoms with E-state index in [1.165, 1.54) is 0 Å². The van der Waals surface area contributed by atoms with E-state index < -0.39 is 22.7 Å². The van der Waals surface area contributed by atoms with Crippen molar-refractivity contribution in [3.63, 3.8) is 0 Å². The number of benzene rings is 1. The van der Waals surface area contributed by atoms with Gasteiger partial charge >= 0.3 is 11.9 Å². The molecule has 1 rings (SSSR count). The van der Waals surface area contributed by atoms with Gasteiger partial charge in [-0.2, -0.15) is 0 Å². The van der Waals surface area contributed by atoms with Gasteiger partial charge in [-0.15, -0.1) is 0 Å². The molecule has 8 heteroatoms. The first-order chi connectivity index (χ1) is 10.2. The van der Waals surface area contributed by atoms with Gasteiger partial charge in [-0.25, -0.2) is 9.59 Å². The van der Waals surface area contributed by atoms with E-state index in [0.717, 1.165) is 17.2 Å². The molecule has 0 radical (unpaired) electrons. The number of hydrogen-bond donors (Lipinski definition) is 3. The summed E-state index contributed by atoms with van der Waals surface area (Å²) < 4.78 is 16.7. The summed E-state index contributed by atoms with van der Waals surface area (Å²) in [5, 5.41) is 18.1. The van der Waals surface area contributed by atoms with Gasteiger partial charge in [0.25, 0.3) is 0 Å². The van der Waals surface area contributed by atoms with Crippen molar-refractivity contribution in [1.29, 1.82) is 0 Å². The zero-order valence-corrected chi connectivity index (χ0v) is 13.6. The van der Waals surface area contributed by atoms with Crippen LogP contribution in [0.3, 0.4) is 0 Å². The molecule has 7 nitrogen and oxygen atoms in total. The largest absolute Gasteiger partial charge is 0.492 e. The zero-order chi connectivity index (χ0) is 17.1. The van der Waals surface area contributed by atoms with E-state index in [1.54, 1.807) is 6.26 Å². The number of ether oxygens (including phenoxy) is 1. The third kappa shape index (κ3) is 9.89. The van der Waals surface area contributed by atoms with E-state index in [9.17, 15) is 4.21 Å². The first-order valence-electron chi connectivity index (χ1n) is 6.50. The predicted molar refractivity (Wildman–Crippen MR) is 82.7 cm³/mol. The van der Waals surface area contributed by atoms with Crippen LogP contribution in [-0.4, -0.2) is 51.8 Å². The molecule has 1 aromatic carbocycles. The molecule has 1 aromatic rings. The summed E-state index contributed by atoms with van der Waals surface area (Å²) >= 11 is 0. The fraction of sp³-hybridized carbons (Fsp3) is 0.429. The van der Waals surface area contributed by atoms with Crippen LogP contribution in [0, 0.1) is 0 Å². The second-order valence-corrected chi connectivity index (χ2v) is 5.87. The SMILES string of the molecule is CC(C)NCCOc1ccc(S(C)=O)cc1.O=C(O)C(=O)O. The molecular weight excluding hydrogens is 310 g/mol. The zero-order valence-electron chi connectivity index (χ0n) is 12.7. The van der Waals surface area contributed by atoms with Gasteiger partial charge in [0, 0.05) is 34.5 Å². The Morgan fingerprint density at radius 1 is 1.18 bits per heavy atom. The minimum absolute atomic E-state index is 0.480. The molecule has 3 N–H and O–H groups in total. The predicted octanol–water partition coefficient (Wildman–Crippen LogP) is 0.956.